The number of furan rings is 1. The van der Waals surface area contributed by atoms with Crippen LogP contribution in [0.3, 0.4) is 0 Å². The number of aryl methyl sites for hydroxylation is 1. The predicted molar refractivity (Wildman–Crippen MR) is 102 cm³/mol. The Bertz CT molecular complexity index is 906. The van der Waals surface area contributed by atoms with Crippen molar-refractivity contribution >= 4 is 5.96 Å². The molecule has 0 spiro atoms. The van der Waals surface area contributed by atoms with Crippen LogP contribution in [0.15, 0.2) is 38.4 Å². The summed E-state index contributed by atoms with van der Waals surface area (Å²) in [4.78, 5) is 13.5. The number of aromatic amines is 1. The van der Waals surface area contributed by atoms with Gasteiger partial charge in [0.05, 0.1) is 18.5 Å². The monoisotopic (exact) mass is 384 g/mol. The van der Waals surface area contributed by atoms with Gasteiger partial charge in [-0.15, -0.1) is 5.10 Å². The molecule has 3 aromatic rings. The van der Waals surface area contributed by atoms with Crippen LogP contribution in [0.25, 0.3) is 11.6 Å². The Kier molecular flexibility index (Phi) is 5.38. The van der Waals surface area contributed by atoms with Crippen LogP contribution in [0, 0.1) is 6.92 Å². The van der Waals surface area contributed by atoms with Gasteiger partial charge in [0.25, 0.3) is 0 Å². The highest BCUT2D eigenvalue weighted by molar-refractivity contribution is 5.79. The molecule has 1 fully saturated rings. The van der Waals surface area contributed by atoms with E-state index in [4.69, 9.17) is 8.94 Å². The van der Waals surface area contributed by atoms with Crippen LogP contribution in [0.5, 0.6) is 0 Å². The number of nitrogens with one attached hydrogen (secondary N) is 2. The molecule has 0 unspecified atom stereocenters. The SMILES string of the molecule is CN=C(NCc1nc(-c2ccco2)n[nH]1)N1CCN(Cc2cc(C)on2)CC1. The Morgan fingerprint density at radius 3 is 2.86 bits per heavy atom. The molecule has 0 bridgehead atoms. The van der Waals surface area contributed by atoms with E-state index in [2.05, 4.69) is 40.4 Å². The number of aliphatic imine (C=N–C) groups is 1. The second-order valence-electron chi connectivity index (χ2n) is 6.68. The summed E-state index contributed by atoms with van der Waals surface area (Å²) >= 11 is 0. The van der Waals surface area contributed by atoms with Gasteiger partial charge in [0.15, 0.2) is 11.7 Å². The lowest BCUT2D eigenvalue weighted by Gasteiger charge is -2.36. The second kappa shape index (κ2) is 8.26. The Labute approximate surface area is 162 Å². The topological polar surface area (TPSA) is 112 Å². The van der Waals surface area contributed by atoms with Crippen molar-refractivity contribution < 1.29 is 8.94 Å². The highest BCUT2D eigenvalue weighted by Gasteiger charge is 2.20. The molecule has 4 heterocycles. The van der Waals surface area contributed by atoms with Crippen molar-refractivity contribution in [3.63, 3.8) is 0 Å². The third kappa shape index (κ3) is 4.22. The summed E-state index contributed by atoms with van der Waals surface area (Å²) in [6.45, 7) is 6.91. The average Bonchev–Trinajstić information content (AvgIpc) is 3.45. The fraction of sp³-hybridized carbons (Fsp3) is 0.444. The third-order valence-electron chi connectivity index (χ3n) is 4.63. The first kappa shape index (κ1) is 18.2. The molecule has 0 atom stereocenters. The molecule has 0 saturated carbocycles. The summed E-state index contributed by atoms with van der Waals surface area (Å²) in [7, 11) is 1.79. The lowest BCUT2D eigenvalue weighted by molar-refractivity contribution is 0.169. The summed E-state index contributed by atoms with van der Waals surface area (Å²) in [6.07, 6.45) is 1.61. The van der Waals surface area contributed by atoms with E-state index in [0.717, 1.165) is 56.0 Å². The number of rotatable bonds is 5. The first-order valence-electron chi connectivity index (χ1n) is 9.26. The molecule has 2 N–H and O–H groups in total. The largest absolute Gasteiger partial charge is 0.461 e. The van der Waals surface area contributed by atoms with Crippen molar-refractivity contribution in [3.8, 4) is 11.6 Å². The van der Waals surface area contributed by atoms with E-state index in [1.165, 1.54) is 0 Å². The fourth-order valence-electron chi connectivity index (χ4n) is 3.22. The smallest absolute Gasteiger partial charge is 0.216 e. The van der Waals surface area contributed by atoms with Crippen LogP contribution in [0.4, 0.5) is 0 Å². The van der Waals surface area contributed by atoms with Crippen LogP contribution in [-0.4, -0.2) is 69.3 Å². The summed E-state index contributed by atoms with van der Waals surface area (Å²) in [5.41, 5.74) is 0.978. The van der Waals surface area contributed by atoms with Gasteiger partial charge in [-0.2, -0.15) is 0 Å². The maximum absolute atomic E-state index is 5.32. The third-order valence-corrected chi connectivity index (χ3v) is 4.63. The van der Waals surface area contributed by atoms with Crippen molar-refractivity contribution in [2.75, 3.05) is 33.2 Å². The molecule has 0 amide bonds. The van der Waals surface area contributed by atoms with Gasteiger partial charge in [0.1, 0.15) is 11.6 Å². The number of nitrogens with zero attached hydrogens (tertiary/aromatic N) is 6. The molecule has 0 aromatic carbocycles. The zero-order chi connectivity index (χ0) is 19.3. The number of aromatic nitrogens is 4. The quantitative estimate of drug-likeness (QED) is 0.499. The number of hydrogen-bond acceptors (Lipinski definition) is 7. The first-order valence-corrected chi connectivity index (χ1v) is 9.26. The van der Waals surface area contributed by atoms with Crippen molar-refractivity contribution in [2.24, 2.45) is 4.99 Å². The standard InChI is InChI=1S/C18H24N8O2/c1-13-10-14(24-28-13)12-25-5-7-26(8-6-25)18(19-2)20-11-16-21-17(23-22-16)15-4-3-9-27-15/h3-4,9-10H,5-8,11-12H2,1-2H3,(H,19,20)(H,21,22,23). The van der Waals surface area contributed by atoms with E-state index in [0.29, 0.717) is 18.1 Å². The summed E-state index contributed by atoms with van der Waals surface area (Å²) in [6, 6.07) is 5.63. The summed E-state index contributed by atoms with van der Waals surface area (Å²) in [5, 5.41) is 14.5. The van der Waals surface area contributed by atoms with Gasteiger partial charge < -0.3 is 19.2 Å². The van der Waals surface area contributed by atoms with Gasteiger partial charge in [-0.05, 0) is 19.1 Å². The average molecular weight is 384 g/mol. The summed E-state index contributed by atoms with van der Waals surface area (Å²) < 4.78 is 10.5. The number of guanidine groups is 1. The predicted octanol–water partition coefficient (Wildman–Crippen LogP) is 1.25. The number of H-pyrrole nitrogens is 1. The highest BCUT2D eigenvalue weighted by Crippen LogP contribution is 2.14. The molecule has 3 aromatic heterocycles. The van der Waals surface area contributed by atoms with Crippen LogP contribution < -0.4 is 5.32 Å². The molecule has 1 aliphatic rings. The van der Waals surface area contributed by atoms with Gasteiger partial charge >= 0.3 is 0 Å². The Morgan fingerprint density at radius 2 is 2.18 bits per heavy atom. The van der Waals surface area contributed by atoms with Crippen molar-refractivity contribution in [1.82, 2.24) is 35.5 Å². The number of hydrogen-bond donors (Lipinski definition) is 2. The maximum atomic E-state index is 5.32. The highest BCUT2D eigenvalue weighted by atomic mass is 16.5. The van der Waals surface area contributed by atoms with Crippen LogP contribution in [-0.2, 0) is 13.1 Å². The molecule has 4 rings (SSSR count). The lowest BCUT2D eigenvalue weighted by atomic mass is 10.3. The molecular weight excluding hydrogens is 360 g/mol. The van der Waals surface area contributed by atoms with Gasteiger partial charge in [-0.1, -0.05) is 5.16 Å². The Balaban J connectivity index is 1.27. The van der Waals surface area contributed by atoms with Crippen LogP contribution >= 0.6 is 0 Å². The molecule has 1 saturated heterocycles. The molecular formula is C18H24N8O2. The summed E-state index contributed by atoms with van der Waals surface area (Å²) in [5.74, 6) is 3.63. The molecule has 10 heteroatoms. The van der Waals surface area contributed by atoms with Gasteiger partial charge in [-0.25, -0.2) is 4.98 Å². The molecule has 0 aliphatic carbocycles. The van der Waals surface area contributed by atoms with E-state index in [9.17, 15) is 0 Å². The van der Waals surface area contributed by atoms with Crippen LogP contribution in [0.2, 0.25) is 0 Å². The van der Waals surface area contributed by atoms with E-state index < -0.39 is 0 Å². The van der Waals surface area contributed by atoms with E-state index in [1.54, 1.807) is 13.3 Å². The molecule has 1 aliphatic heterocycles. The van der Waals surface area contributed by atoms with E-state index in [-0.39, 0.29) is 0 Å². The van der Waals surface area contributed by atoms with Gasteiger partial charge in [0, 0.05) is 45.8 Å². The number of piperazine rings is 1. The van der Waals surface area contributed by atoms with E-state index >= 15 is 0 Å². The first-order chi connectivity index (χ1) is 13.7. The van der Waals surface area contributed by atoms with Crippen molar-refractivity contribution in [3.05, 3.63) is 41.7 Å². The van der Waals surface area contributed by atoms with Gasteiger partial charge in [0.2, 0.25) is 5.82 Å². The zero-order valence-electron chi connectivity index (χ0n) is 16.1. The van der Waals surface area contributed by atoms with Gasteiger partial charge in [-0.3, -0.25) is 15.0 Å². The minimum atomic E-state index is 0.513. The fourth-order valence-corrected chi connectivity index (χ4v) is 3.22. The molecule has 0 radical (unpaired) electrons. The lowest BCUT2D eigenvalue weighted by Crippen LogP contribution is -2.52. The minimum absolute atomic E-state index is 0.513. The molecule has 28 heavy (non-hydrogen) atoms. The molecule has 10 nitrogen and oxygen atoms in total. The maximum Gasteiger partial charge on any atom is 0.216 e. The van der Waals surface area contributed by atoms with Crippen LogP contribution in [0.1, 0.15) is 17.3 Å². The van der Waals surface area contributed by atoms with Crippen molar-refractivity contribution in [2.45, 2.75) is 20.0 Å². The Morgan fingerprint density at radius 1 is 1.32 bits per heavy atom. The normalized spacial score (nSPS) is 15.9. The van der Waals surface area contributed by atoms with E-state index in [1.807, 2.05) is 25.1 Å². The Hall–Kier alpha value is -3.14. The zero-order valence-corrected chi connectivity index (χ0v) is 16.1. The van der Waals surface area contributed by atoms with Crippen molar-refractivity contribution in [1.29, 1.82) is 0 Å². The molecule has 148 valence electrons. The minimum Gasteiger partial charge on any atom is -0.461 e. The second-order valence-corrected chi connectivity index (χ2v) is 6.68.